The van der Waals surface area contributed by atoms with Gasteiger partial charge in [-0.05, 0) is 73.2 Å². The Kier molecular flexibility index (Phi) is 8.09. The number of benzene rings is 3. The Balaban J connectivity index is 1.34. The molecule has 0 spiro atoms. The number of hydrogen-bond donors (Lipinski definition) is 0. The van der Waals surface area contributed by atoms with Gasteiger partial charge < -0.3 is 9.47 Å². The first-order chi connectivity index (χ1) is 20.6. The van der Waals surface area contributed by atoms with Crippen molar-refractivity contribution in [1.29, 1.82) is 0 Å². The maximum Gasteiger partial charge on any atom is 0.291 e. The van der Waals surface area contributed by atoms with E-state index in [0.29, 0.717) is 21.9 Å². The second kappa shape index (κ2) is 12.4. The quantitative estimate of drug-likeness (QED) is 0.171. The van der Waals surface area contributed by atoms with Gasteiger partial charge in [0.05, 0.1) is 23.9 Å². The highest BCUT2D eigenvalue weighted by Crippen LogP contribution is 2.27. The number of ether oxygens (including phenoxy) is 2. The van der Waals surface area contributed by atoms with Gasteiger partial charge in [0, 0.05) is 22.9 Å². The fourth-order valence-corrected chi connectivity index (χ4v) is 5.59. The van der Waals surface area contributed by atoms with Crippen LogP contribution in [0.3, 0.4) is 0 Å². The van der Waals surface area contributed by atoms with E-state index in [4.69, 9.17) is 14.6 Å². The molecule has 0 aliphatic heterocycles. The van der Waals surface area contributed by atoms with Crippen LogP contribution >= 0.6 is 11.3 Å². The van der Waals surface area contributed by atoms with Crippen LogP contribution < -0.4 is 19.6 Å². The highest BCUT2D eigenvalue weighted by molar-refractivity contribution is 7.15. The lowest BCUT2D eigenvalue weighted by Crippen LogP contribution is -2.23. The first-order valence-corrected chi connectivity index (χ1v) is 14.9. The number of fused-ring (bicyclic) bond motifs is 1. The van der Waals surface area contributed by atoms with E-state index >= 15 is 0 Å². The summed E-state index contributed by atoms with van der Waals surface area (Å²) < 4.78 is 14.9. The van der Waals surface area contributed by atoms with E-state index in [1.807, 2.05) is 95.8 Å². The summed E-state index contributed by atoms with van der Waals surface area (Å²) in [7, 11) is 1.62. The van der Waals surface area contributed by atoms with Gasteiger partial charge in [-0.3, -0.25) is 4.79 Å². The highest BCUT2D eigenvalue weighted by Gasteiger charge is 2.15. The second-order valence-corrected chi connectivity index (χ2v) is 10.9. The molecule has 0 saturated carbocycles. The van der Waals surface area contributed by atoms with Gasteiger partial charge in [0.25, 0.3) is 5.56 Å². The third-order valence-corrected chi connectivity index (χ3v) is 7.93. The third-order valence-electron chi connectivity index (χ3n) is 6.97. The smallest absolute Gasteiger partial charge is 0.291 e. The highest BCUT2D eigenvalue weighted by atomic mass is 32.1. The SMILES string of the molecule is CCCCCCOc1ccc(-c2nn(-c3ccccc3)cc2C=c2sc3nc(-c4ccc(OC)cc4)nn3c2=O)cc1. The van der Waals surface area contributed by atoms with E-state index in [1.165, 1.54) is 35.1 Å². The molecule has 9 heteroatoms. The standard InChI is InChI=1S/C33H31N5O3S/c1-3-4-5-9-20-41-28-18-12-23(13-19-28)30-25(22-37(35-30)26-10-7-6-8-11-26)21-29-32(39)38-33(42-29)34-31(36-38)24-14-16-27(40-2)17-15-24/h6-8,10-19,21-22H,3-5,9,20H2,1-2H3. The van der Waals surface area contributed by atoms with E-state index in [0.717, 1.165) is 46.0 Å². The number of hydrogen-bond acceptors (Lipinski definition) is 7. The van der Waals surface area contributed by atoms with Crippen molar-refractivity contribution in [2.24, 2.45) is 0 Å². The van der Waals surface area contributed by atoms with Crippen LogP contribution in [0.15, 0.2) is 89.9 Å². The molecule has 0 amide bonds. The number of unbranched alkanes of at least 4 members (excludes halogenated alkanes) is 3. The number of nitrogens with zero attached hydrogens (tertiary/aromatic N) is 5. The third kappa shape index (κ3) is 5.82. The Labute approximate surface area is 247 Å². The molecule has 0 unspecified atom stereocenters. The lowest BCUT2D eigenvalue weighted by molar-refractivity contribution is 0.305. The zero-order valence-electron chi connectivity index (χ0n) is 23.6. The summed E-state index contributed by atoms with van der Waals surface area (Å²) in [6.45, 7) is 2.91. The molecule has 0 radical (unpaired) electrons. The molecule has 212 valence electrons. The first kappa shape index (κ1) is 27.4. The van der Waals surface area contributed by atoms with Crippen LogP contribution in [0.5, 0.6) is 11.5 Å². The Morgan fingerprint density at radius 1 is 0.857 bits per heavy atom. The number of rotatable bonds is 11. The molecule has 6 rings (SSSR count). The maximum absolute atomic E-state index is 13.4. The molecule has 0 aliphatic carbocycles. The first-order valence-electron chi connectivity index (χ1n) is 14.1. The molecule has 6 aromatic rings. The number of para-hydroxylation sites is 1. The average molecular weight is 578 g/mol. The predicted molar refractivity (Wildman–Crippen MR) is 167 cm³/mol. The second-order valence-electron chi connectivity index (χ2n) is 9.92. The van der Waals surface area contributed by atoms with E-state index < -0.39 is 0 Å². The largest absolute Gasteiger partial charge is 0.497 e. The van der Waals surface area contributed by atoms with Crippen molar-refractivity contribution in [3.8, 4) is 39.8 Å². The minimum Gasteiger partial charge on any atom is -0.497 e. The Hall–Kier alpha value is -4.76. The number of methoxy groups -OCH3 is 1. The van der Waals surface area contributed by atoms with Gasteiger partial charge in [-0.25, -0.2) is 4.68 Å². The molecule has 3 aromatic carbocycles. The molecular formula is C33H31N5O3S. The maximum atomic E-state index is 13.4. The van der Waals surface area contributed by atoms with Gasteiger partial charge in [0.1, 0.15) is 17.2 Å². The van der Waals surface area contributed by atoms with Gasteiger partial charge in [0.2, 0.25) is 4.96 Å². The predicted octanol–water partition coefficient (Wildman–Crippen LogP) is 6.19. The van der Waals surface area contributed by atoms with Crippen LogP contribution in [0.4, 0.5) is 0 Å². The molecular weight excluding hydrogens is 546 g/mol. The molecule has 3 aromatic heterocycles. The molecule has 0 N–H and O–H groups in total. The molecule has 0 aliphatic rings. The monoisotopic (exact) mass is 577 g/mol. The summed E-state index contributed by atoms with van der Waals surface area (Å²) in [6.07, 6.45) is 8.48. The van der Waals surface area contributed by atoms with Crippen molar-refractivity contribution in [3.05, 3.63) is 106 Å². The lowest BCUT2D eigenvalue weighted by atomic mass is 10.1. The van der Waals surface area contributed by atoms with E-state index in [2.05, 4.69) is 17.0 Å². The summed E-state index contributed by atoms with van der Waals surface area (Å²) >= 11 is 1.31. The minimum atomic E-state index is -0.215. The minimum absolute atomic E-state index is 0.215. The van der Waals surface area contributed by atoms with Crippen LogP contribution in [0.1, 0.15) is 38.2 Å². The summed E-state index contributed by atoms with van der Waals surface area (Å²) in [5, 5.41) is 9.40. The number of thiazole rings is 1. The van der Waals surface area contributed by atoms with Crippen LogP contribution in [-0.4, -0.2) is 38.1 Å². The van der Waals surface area contributed by atoms with Gasteiger partial charge in [-0.2, -0.15) is 14.6 Å². The summed E-state index contributed by atoms with van der Waals surface area (Å²) in [5.41, 5.74) is 4.06. The molecule has 42 heavy (non-hydrogen) atoms. The molecule has 8 nitrogen and oxygen atoms in total. The lowest BCUT2D eigenvalue weighted by Gasteiger charge is -2.07. The summed E-state index contributed by atoms with van der Waals surface area (Å²) in [4.78, 5) is 18.5. The fourth-order valence-electron chi connectivity index (χ4n) is 4.70. The Bertz CT molecular complexity index is 1890. The molecule has 3 heterocycles. The Morgan fingerprint density at radius 2 is 1.60 bits per heavy atom. The topological polar surface area (TPSA) is 83.5 Å². The van der Waals surface area contributed by atoms with Crippen LogP contribution in [0, 0.1) is 0 Å². The van der Waals surface area contributed by atoms with Crippen LogP contribution in [-0.2, 0) is 0 Å². The number of aromatic nitrogens is 5. The van der Waals surface area contributed by atoms with E-state index in [9.17, 15) is 4.79 Å². The van der Waals surface area contributed by atoms with Gasteiger partial charge in [-0.15, -0.1) is 5.10 Å². The molecule has 0 bridgehead atoms. The molecule has 0 fully saturated rings. The Morgan fingerprint density at radius 3 is 2.31 bits per heavy atom. The van der Waals surface area contributed by atoms with Crippen LogP contribution in [0.25, 0.3) is 39.4 Å². The fraction of sp³-hybridized carbons (Fsp3) is 0.212. The van der Waals surface area contributed by atoms with Crippen molar-refractivity contribution >= 4 is 22.4 Å². The van der Waals surface area contributed by atoms with Gasteiger partial charge >= 0.3 is 0 Å². The van der Waals surface area contributed by atoms with E-state index in [-0.39, 0.29) is 5.56 Å². The van der Waals surface area contributed by atoms with Crippen molar-refractivity contribution in [3.63, 3.8) is 0 Å². The zero-order valence-corrected chi connectivity index (χ0v) is 24.4. The van der Waals surface area contributed by atoms with Crippen LogP contribution in [0.2, 0.25) is 0 Å². The van der Waals surface area contributed by atoms with Crippen molar-refractivity contribution in [2.45, 2.75) is 32.6 Å². The van der Waals surface area contributed by atoms with E-state index in [1.54, 1.807) is 7.11 Å². The van der Waals surface area contributed by atoms with Crippen molar-refractivity contribution in [1.82, 2.24) is 24.4 Å². The van der Waals surface area contributed by atoms with Gasteiger partial charge in [0.15, 0.2) is 5.82 Å². The van der Waals surface area contributed by atoms with Crippen molar-refractivity contribution in [2.75, 3.05) is 13.7 Å². The zero-order chi connectivity index (χ0) is 28.9. The normalized spacial score (nSPS) is 11.8. The van der Waals surface area contributed by atoms with Gasteiger partial charge in [-0.1, -0.05) is 55.7 Å². The summed E-state index contributed by atoms with van der Waals surface area (Å²) in [5.74, 6) is 2.08. The summed E-state index contributed by atoms with van der Waals surface area (Å²) in [6, 6.07) is 25.3. The molecule has 0 saturated heterocycles. The average Bonchev–Trinajstić information content (AvgIpc) is 3.73. The molecule has 0 atom stereocenters. The van der Waals surface area contributed by atoms with Crippen molar-refractivity contribution < 1.29 is 9.47 Å².